The Hall–Kier alpha value is 0.199. The maximum Gasteiger partial charge on any atom is 0.265 e. The molecular formula is C35H38Ar4N4O7. The van der Waals surface area contributed by atoms with E-state index in [1.54, 1.807) is 47.7 Å². The fourth-order valence-corrected chi connectivity index (χ4v) is 6.08. The Morgan fingerprint density at radius 3 is 1.38 bits per heavy atom. The number of fused-ring (bicyclic) bond motifs is 4. The van der Waals surface area contributed by atoms with Crippen molar-refractivity contribution in [2.75, 3.05) is 32.9 Å². The number of carbonyl (C=O) groups is 4. The monoisotopic (exact) mass is 786 g/mol. The smallest absolute Gasteiger partial charge is 0.265 e. The van der Waals surface area contributed by atoms with E-state index in [9.17, 15) is 19.2 Å². The first-order valence-electron chi connectivity index (χ1n) is 15.3. The van der Waals surface area contributed by atoms with E-state index in [4.69, 9.17) is 14.2 Å². The number of ether oxygens (including phenoxy) is 3. The normalized spacial score (nSPS) is 18.4. The standard InChI is InChI=1S/C21H30N2O5.C14H8N2O2.4Ar/c1-7-15-18-19(20(24)22(15)12-14(6)26-9-3)16(8-2)23(21(18)25)13-17(27-10-4)28-11-5;17-13-11-9-5-1-3-7-15(9)14(18)12(11)10-6-2-4-8-16(10)13;;;;/h7-8,14,17H,1-2,9-13H2,3-6H3;1-8H;;;;. The van der Waals surface area contributed by atoms with E-state index in [1.165, 1.54) is 20.8 Å². The fourth-order valence-electron chi connectivity index (χ4n) is 6.08. The molecule has 0 saturated heterocycles. The third kappa shape index (κ3) is 9.34. The zero-order chi connectivity index (χ0) is 33.1. The van der Waals surface area contributed by atoms with Crippen LogP contribution in [0.15, 0.2) is 119 Å². The third-order valence-electron chi connectivity index (χ3n) is 7.92. The Bertz CT molecular complexity index is 1590. The molecular weight excluding hydrogens is 748 g/mol. The van der Waals surface area contributed by atoms with Crippen LogP contribution in [0, 0.1) is 151 Å². The van der Waals surface area contributed by atoms with Crippen molar-refractivity contribution < 1.29 is 184 Å². The summed E-state index contributed by atoms with van der Waals surface area (Å²) in [4.78, 5) is 57.1. The van der Waals surface area contributed by atoms with Crippen LogP contribution in [0.5, 0.6) is 0 Å². The van der Waals surface area contributed by atoms with Gasteiger partial charge in [-0.3, -0.25) is 29.0 Å². The molecule has 0 N–H and O–H groups in total. The predicted molar refractivity (Wildman–Crippen MR) is 170 cm³/mol. The van der Waals surface area contributed by atoms with Crippen molar-refractivity contribution in [3.05, 3.63) is 119 Å². The zero-order valence-electron chi connectivity index (χ0n) is 27.9. The summed E-state index contributed by atoms with van der Waals surface area (Å²) in [5.41, 5.74) is 4.04. The SMILES string of the molecule is C=CC1=C2C(=O)N(CC(OCC)OCC)C(C=C)=C2C(=O)N1CC(C)OCC.O=C1C2=C3C=CC=CN3C(=O)C2=C2C=CC=CN12.[Ar].[Ar].[Ar].[Ar]. The van der Waals surface area contributed by atoms with Gasteiger partial charge in [-0.25, -0.2) is 0 Å². The molecule has 6 heterocycles. The number of amides is 4. The van der Waals surface area contributed by atoms with Gasteiger partial charge in [-0.1, -0.05) is 25.3 Å². The molecule has 4 amide bonds. The molecule has 6 rings (SSSR count). The van der Waals surface area contributed by atoms with Gasteiger partial charge in [0.15, 0.2) is 6.29 Å². The molecule has 50 heavy (non-hydrogen) atoms. The topological polar surface area (TPSA) is 109 Å². The molecule has 0 fully saturated rings. The van der Waals surface area contributed by atoms with Gasteiger partial charge in [0.25, 0.3) is 23.6 Å². The molecule has 6 aliphatic heterocycles. The molecule has 0 aromatic carbocycles. The molecule has 6 aliphatic rings. The van der Waals surface area contributed by atoms with Gasteiger partial charge in [-0.15, -0.1) is 0 Å². The predicted octanol–water partition coefficient (Wildman–Crippen LogP) is 3.72. The number of rotatable bonds is 12. The number of hydrogen-bond donors (Lipinski definition) is 0. The van der Waals surface area contributed by atoms with Crippen LogP contribution in [-0.4, -0.2) is 88.5 Å². The van der Waals surface area contributed by atoms with Gasteiger partial charge in [-0.2, -0.15) is 0 Å². The van der Waals surface area contributed by atoms with Gasteiger partial charge in [-0.05, 0) is 64.2 Å². The summed E-state index contributed by atoms with van der Waals surface area (Å²) in [6, 6.07) is 0. The Kier molecular flexibility index (Phi) is 21.1. The van der Waals surface area contributed by atoms with Crippen LogP contribution in [0.1, 0.15) is 27.7 Å². The van der Waals surface area contributed by atoms with E-state index in [0.717, 1.165) is 0 Å². The summed E-state index contributed by atoms with van der Waals surface area (Å²) in [5, 5.41) is 0. The minimum Gasteiger partial charge on any atom is -0.377 e. The maximum absolute atomic E-state index is 13.2. The second kappa shape index (κ2) is 21.9. The molecule has 0 aliphatic carbocycles. The van der Waals surface area contributed by atoms with Gasteiger partial charge in [0.1, 0.15) is 0 Å². The number of allylic oxidation sites excluding steroid dienone is 8. The van der Waals surface area contributed by atoms with E-state index in [0.29, 0.717) is 71.4 Å². The fraction of sp³-hybridized carbons (Fsp3) is 0.314. The van der Waals surface area contributed by atoms with Crippen molar-refractivity contribution in [3.8, 4) is 0 Å². The molecule has 1 unspecified atom stereocenters. The molecule has 0 aromatic heterocycles. The van der Waals surface area contributed by atoms with Crippen LogP contribution in [-0.2, 0) is 33.4 Å². The van der Waals surface area contributed by atoms with Crippen LogP contribution in [0.25, 0.3) is 0 Å². The summed E-state index contributed by atoms with van der Waals surface area (Å²) in [7, 11) is 0. The summed E-state index contributed by atoms with van der Waals surface area (Å²) in [5.74, 6) is -0.784. The average molecular weight is 787 g/mol. The van der Waals surface area contributed by atoms with Crippen LogP contribution in [0.3, 0.4) is 0 Å². The van der Waals surface area contributed by atoms with Gasteiger partial charge in [0.05, 0.1) is 64.3 Å². The van der Waals surface area contributed by atoms with Crippen molar-refractivity contribution in [3.63, 3.8) is 0 Å². The third-order valence-corrected chi connectivity index (χ3v) is 7.92. The summed E-state index contributed by atoms with van der Waals surface area (Å²) in [6.45, 7) is 17.1. The minimum atomic E-state index is -0.578. The van der Waals surface area contributed by atoms with Crippen molar-refractivity contribution >= 4 is 23.6 Å². The average Bonchev–Trinajstić information content (AvgIpc) is 3.71. The van der Waals surface area contributed by atoms with E-state index in [1.807, 2.05) is 39.8 Å². The zero-order valence-corrected chi connectivity index (χ0v) is 30.8. The quantitative estimate of drug-likeness (QED) is 0.278. The second-order valence-corrected chi connectivity index (χ2v) is 10.6. The molecule has 0 spiro atoms. The Morgan fingerprint density at radius 2 is 1.00 bits per heavy atom. The summed E-state index contributed by atoms with van der Waals surface area (Å²) >= 11 is 0. The largest absolute Gasteiger partial charge is 0.377 e. The maximum atomic E-state index is 13.2. The molecule has 11 nitrogen and oxygen atoms in total. The van der Waals surface area contributed by atoms with E-state index < -0.39 is 6.29 Å². The second-order valence-electron chi connectivity index (χ2n) is 10.6. The Morgan fingerprint density at radius 1 is 0.600 bits per heavy atom. The number of nitrogens with zero attached hydrogens (tertiary/aromatic N) is 4. The van der Waals surface area contributed by atoms with Gasteiger partial charge in [0, 0.05) is 183 Å². The van der Waals surface area contributed by atoms with Crippen molar-refractivity contribution in [1.29, 1.82) is 0 Å². The van der Waals surface area contributed by atoms with E-state index in [2.05, 4.69) is 13.2 Å². The number of carbonyl (C=O) groups excluding carboxylic acids is 4. The van der Waals surface area contributed by atoms with Crippen molar-refractivity contribution in [2.45, 2.75) is 40.1 Å². The first-order chi connectivity index (χ1) is 22.2. The Balaban J connectivity index is 0.000000494. The van der Waals surface area contributed by atoms with Crippen molar-refractivity contribution in [2.24, 2.45) is 0 Å². The van der Waals surface area contributed by atoms with Crippen LogP contribution in [0.2, 0.25) is 0 Å². The van der Waals surface area contributed by atoms with Crippen LogP contribution in [0.4, 0.5) is 0 Å². The van der Waals surface area contributed by atoms with Crippen LogP contribution < -0.4 is 0 Å². The Labute approximate surface area is 413 Å². The van der Waals surface area contributed by atoms with Crippen LogP contribution >= 0.6 is 0 Å². The molecule has 0 aromatic rings. The molecule has 272 valence electrons. The first kappa shape index (κ1) is 48.2. The minimum absolute atomic E-state index is 0. The van der Waals surface area contributed by atoms with E-state index in [-0.39, 0.29) is 187 Å². The van der Waals surface area contributed by atoms with Gasteiger partial charge < -0.3 is 24.0 Å². The first-order valence-corrected chi connectivity index (χ1v) is 15.3. The molecule has 15 heteroatoms. The van der Waals surface area contributed by atoms with Gasteiger partial charge in [0.2, 0.25) is 0 Å². The molecule has 0 saturated carbocycles. The summed E-state index contributed by atoms with van der Waals surface area (Å²) in [6.07, 6.45) is 16.5. The van der Waals surface area contributed by atoms with E-state index >= 15 is 0 Å². The van der Waals surface area contributed by atoms with Crippen molar-refractivity contribution in [1.82, 2.24) is 19.6 Å². The molecule has 0 radical (unpaired) electrons. The molecule has 0 bridgehead atoms. The number of hydrogen-bond acceptors (Lipinski definition) is 7. The molecule has 1 atom stereocenters. The summed E-state index contributed by atoms with van der Waals surface area (Å²) < 4.78 is 16.7. The van der Waals surface area contributed by atoms with Gasteiger partial charge >= 0.3 is 0 Å².